The highest BCUT2D eigenvalue weighted by Crippen LogP contribution is 2.25. The van der Waals surface area contributed by atoms with E-state index in [0.29, 0.717) is 19.4 Å². The highest BCUT2D eigenvalue weighted by Gasteiger charge is 2.26. The van der Waals surface area contributed by atoms with Gasteiger partial charge in [-0.1, -0.05) is 12.1 Å². The number of thiazole rings is 1. The summed E-state index contributed by atoms with van der Waals surface area (Å²) in [6.07, 6.45) is 1.78. The normalized spacial score (nSPS) is 17.6. The summed E-state index contributed by atoms with van der Waals surface area (Å²) >= 11 is 1.45. The van der Waals surface area contributed by atoms with Crippen molar-refractivity contribution in [1.29, 1.82) is 0 Å². The molecule has 0 atom stereocenters. The number of piperazine rings is 1. The van der Waals surface area contributed by atoms with Crippen molar-refractivity contribution in [2.45, 2.75) is 32.7 Å². The Balaban J connectivity index is 1.24. The minimum absolute atomic E-state index is 0.111. The first-order chi connectivity index (χ1) is 14.6. The number of nitrogens with zero attached hydrogens (tertiary/aromatic N) is 4. The first-order valence-electron chi connectivity index (χ1n) is 10.6. The molecule has 1 aromatic heterocycles. The Hall–Kier alpha value is -2.45. The van der Waals surface area contributed by atoms with Crippen LogP contribution >= 0.6 is 11.3 Å². The van der Waals surface area contributed by atoms with Crippen molar-refractivity contribution in [2.75, 3.05) is 44.2 Å². The van der Waals surface area contributed by atoms with E-state index in [4.69, 9.17) is 4.74 Å². The van der Waals surface area contributed by atoms with E-state index < -0.39 is 0 Å². The molecule has 0 bridgehead atoms. The first kappa shape index (κ1) is 20.8. The van der Waals surface area contributed by atoms with Gasteiger partial charge in [-0.25, -0.2) is 4.98 Å². The number of ether oxygens (including phenoxy) is 1. The Labute approximate surface area is 181 Å². The predicted octanol–water partition coefficient (Wildman–Crippen LogP) is 2.56. The molecule has 2 aliphatic rings. The number of carbonyl (C=O) groups is 2. The number of hydrogen-bond donors (Lipinski definition) is 0. The van der Waals surface area contributed by atoms with Crippen molar-refractivity contribution in [3.8, 4) is 5.75 Å². The molecular formula is C22H28N4O3S. The molecule has 0 spiro atoms. The third kappa shape index (κ3) is 4.99. The number of amides is 2. The van der Waals surface area contributed by atoms with Crippen molar-refractivity contribution >= 4 is 28.3 Å². The molecule has 1 aromatic carbocycles. The molecule has 0 N–H and O–H groups in total. The summed E-state index contributed by atoms with van der Waals surface area (Å²) in [5.74, 6) is 1.14. The third-order valence-corrected chi connectivity index (χ3v) is 6.45. The molecule has 2 aromatic rings. The molecule has 30 heavy (non-hydrogen) atoms. The van der Waals surface area contributed by atoms with Crippen molar-refractivity contribution in [3.63, 3.8) is 0 Å². The van der Waals surface area contributed by atoms with Crippen LogP contribution in [0.15, 0.2) is 29.6 Å². The predicted molar refractivity (Wildman–Crippen MR) is 117 cm³/mol. The zero-order valence-electron chi connectivity index (χ0n) is 17.4. The quantitative estimate of drug-likeness (QED) is 0.678. The third-order valence-electron chi connectivity index (χ3n) is 5.54. The van der Waals surface area contributed by atoms with Gasteiger partial charge in [0.05, 0.1) is 18.7 Å². The lowest BCUT2D eigenvalue weighted by Crippen LogP contribution is -2.48. The zero-order valence-corrected chi connectivity index (χ0v) is 18.2. The summed E-state index contributed by atoms with van der Waals surface area (Å²) in [5.41, 5.74) is 2.02. The number of benzene rings is 1. The minimum atomic E-state index is 0.111. The van der Waals surface area contributed by atoms with Crippen LogP contribution in [0.5, 0.6) is 5.75 Å². The number of carbonyl (C=O) groups excluding carboxylic acids is 2. The van der Waals surface area contributed by atoms with E-state index in [2.05, 4.69) is 22.0 Å². The second-order valence-corrected chi connectivity index (χ2v) is 8.52. The second kappa shape index (κ2) is 9.57. The maximum Gasteiger partial charge on any atom is 0.228 e. The lowest BCUT2D eigenvalue weighted by molar-refractivity contribution is -0.132. The Morgan fingerprint density at radius 2 is 1.90 bits per heavy atom. The molecule has 2 fully saturated rings. The average Bonchev–Trinajstić information content (AvgIpc) is 3.39. The zero-order chi connectivity index (χ0) is 20.9. The number of hydrogen-bond acceptors (Lipinski definition) is 6. The van der Waals surface area contributed by atoms with Crippen molar-refractivity contribution in [2.24, 2.45) is 0 Å². The smallest absolute Gasteiger partial charge is 0.228 e. The number of aromatic nitrogens is 1. The van der Waals surface area contributed by atoms with Gasteiger partial charge in [-0.15, -0.1) is 11.3 Å². The monoisotopic (exact) mass is 428 g/mol. The number of rotatable bonds is 7. The van der Waals surface area contributed by atoms with Gasteiger partial charge in [-0.05, 0) is 31.0 Å². The minimum Gasteiger partial charge on any atom is -0.494 e. The van der Waals surface area contributed by atoms with E-state index in [1.54, 1.807) is 4.90 Å². The van der Waals surface area contributed by atoms with Crippen molar-refractivity contribution in [3.05, 3.63) is 40.9 Å². The maximum atomic E-state index is 12.7. The fourth-order valence-corrected chi connectivity index (χ4v) is 4.76. The van der Waals surface area contributed by atoms with Crippen LogP contribution in [0.25, 0.3) is 0 Å². The molecule has 160 valence electrons. The molecule has 2 saturated heterocycles. The molecular weight excluding hydrogens is 400 g/mol. The second-order valence-electron chi connectivity index (χ2n) is 7.68. The average molecular weight is 429 g/mol. The molecule has 0 radical (unpaired) electrons. The lowest BCUT2D eigenvalue weighted by Gasteiger charge is -2.34. The topological polar surface area (TPSA) is 66.0 Å². The Morgan fingerprint density at radius 3 is 2.57 bits per heavy atom. The molecule has 4 rings (SSSR count). The largest absolute Gasteiger partial charge is 0.494 e. The van der Waals surface area contributed by atoms with Gasteiger partial charge in [0, 0.05) is 51.1 Å². The highest BCUT2D eigenvalue weighted by atomic mass is 32.1. The first-order valence-corrected chi connectivity index (χ1v) is 11.5. The van der Waals surface area contributed by atoms with Crippen LogP contribution in [0.1, 0.15) is 31.0 Å². The molecule has 0 aliphatic carbocycles. The van der Waals surface area contributed by atoms with Crippen molar-refractivity contribution < 1.29 is 14.3 Å². The van der Waals surface area contributed by atoms with E-state index in [1.165, 1.54) is 16.9 Å². The van der Waals surface area contributed by atoms with Crippen LogP contribution in [-0.2, 0) is 22.6 Å². The molecule has 0 unspecified atom stereocenters. The van der Waals surface area contributed by atoms with Gasteiger partial charge in [-0.2, -0.15) is 0 Å². The van der Waals surface area contributed by atoms with E-state index in [-0.39, 0.29) is 11.8 Å². The molecule has 2 amide bonds. The van der Waals surface area contributed by atoms with Crippen LogP contribution in [0, 0.1) is 0 Å². The molecule has 7 nitrogen and oxygen atoms in total. The van der Waals surface area contributed by atoms with Crippen LogP contribution in [0.3, 0.4) is 0 Å². The van der Waals surface area contributed by atoms with Crippen LogP contribution < -0.4 is 9.64 Å². The Kier molecular flexibility index (Phi) is 6.64. The summed E-state index contributed by atoms with van der Waals surface area (Å²) in [6.45, 7) is 7.47. The summed E-state index contributed by atoms with van der Waals surface area (Å²) < 4.78 is 5.49. The van der Waals surface area contributed by atoms with Crippen LogP contribution in [-0.4, -0.2) is 65.9 Å². The highest BCUT2D eigenvalue weighted by molar-refractivity contribution is 7.14. The van der Waals surface area contributed by atoms with E-state index in [1.807, 2.05) is 29.3 Å². The summed E-state index contributed by atoms with van der Waals surface area (Å²) in [5, 5.41) is 2.63. The maximum absolute atomic E-state index is 12.7. The van der Waals surface area contributed by atoms with E-state index >= 15 is 0 Å². The van der Waals surface area contributed by atoms with Gasteiger partial charge in [0.15, 0.2) is 5.13 Å². The van der Waals surface area contributed by atoms with Gasteiger partial charge in [0.1, 0.15) is 5.75 Å². The van der Waals surface area contributed by atoms with Gasteiger partial charge in [0.25, 0.3) is 0 Å². The van der Waals surface area contributed by atoms with Gasteiger partial charge in [0.2, 0.25) is 11.8 Å². The molecule has 0 saturated carbocycles. The Morgan fingerprint density at radius 1 is 1.13 bits per heavy atom. The summed E-state index contributed by atoms with van der Waals surface area (Å²) in [6, 6.07) is 8.23. The van der Waals surface area contributed by atoms with E-state index in [9.17, 15) is 9.59 Å². The van der Waals surface area contributed by atoms with Crippen LogP contribution in [0.4, 0.5) is 5.13 Å². The van der Waals surface area contributed by atoms with Crippen LogP contribution in [0.2, 0.25) is 0 Å². The SMILES string of the molecule is CCOc1ccc(CN2CCN(C(=O)Cc3csc(N4CCCC4=O)n3)CC2)cc1. The summed E-state index contributed by atoms with van der Waals surface area (Å²) in [7, 11) is 0. The van der Waals surface area contributed by atoms with Gasteiger partial charge >= 0.3 is 0 Å². The van der Waals surface area contributed by atoms with E-state index in [0.717, 1.165) is 62.3 Å². The fourth-order valence-electron chi connectivity index (χ4n) is 3.89. The standard InChI is InChI=1S/C22H28N4O3S/c1-2-29-19-7-5-17(6-8-19)15-24-10-12-25(13-11-24)21(28)14-18-16-30-22(23-18)26-9-3-4-20(26)27/h5-8,16H,2-4,9-15H2,1H3. The molecule has 2 aliphatic heterocycles. The van der Waals surface area contributed by atoms with Gasteiger partial charge < -0.3 is 9.64 Å². The van der Waals surface area contributed by atoms with Crippen molar-refractivity contribution in [1.82, 2.24) is 14.8 Å². The summed E-state index contributed by atoms with van der Waals surface area (Å²) in [4.78, 5) is 35.1. The molecule has 8 heteroatoms. The van der Waals surface area contributed by atoms with Gasteiger partial charge in [-0.3, -0.25) is 19.4 Å². The Bertz CT molecular complexity index is 875. The number of anilines is 1. The fraction of sp³-hybridized carbons (Fsp3) is 0.500. The molecule has 3 heterocycles. The lowest BCUT2D eigenvalue weighted by atomic mass is 10.2.